The Morgan fingerprint density at radius 2 is 0.800 bits per heavy atom. The summed E-state index contributed by atoms with van der Waals surface area (Å²) in [5.74, 6) is -0.777. The van der Waals surface area contributed by atoms with Crippen molar-refractivity contribution in [3.05, 3.63) is 0 Å². The molecule has 0 bridgehead atoms. The van der Waals surface area contributed by atoms with Gasteiger partial charge in [-0.1, -0.05) is 59.3 Å². The van der Waals surface area contributed by atoms with Crippen molar-refractivity contribution in [1.29, 1.82) is 0 Å². The molecule has 0 fully saturated rings. The number of hydrogen-bond acceptors (Lipinski definition) is 0. The van der Waals surface area contributed by atoms with Crippen LogP contribution in [0.1, 0.15) is 97.8 Å². The maximum atomic E-state index is 4.25. The van der Waals surface area contributed by atoms with E-state index in [2.05, 4.69) is 36.3 Å². The average molecular weight is 366 g/mol. The molecule has 0 unspecified atom stereocenters. The van der Waals surface area contributed by atoms with Gasteiger partial charge in [0.25, 0.3) is 0 Å². The second kappa shape index (κ2) is 14.8. The van der Waals surface area contributed by atoms with Gasteiger partial charge in [-0.3, -0.25) is 0 Å². The summed E-state index contributed by atoms with van der Waals surface area (Å²) in [7, 11) is 0. The first-order valence-electron chi connectivity index (χ1n) is 9.24. The zero-order chi connectivity index (χ0) is 15.1. The van der Waals surface area contributed by atoms with Crippen LogP contribution in [0.4, 0.5) is 0 Å². The monoisotopic (exact) mass is 365 g/mol. The Hall–Kier alpha value is 0.910. The van der Waals surface area contributed by atoms with Crippen LogP contribution in [0.15, 0.2) is 0 Å². The molecule has 0 aromatic heterocycles. The first-order chi connectivity index (χ1) is 9.68. The summed E-state index contributed by atoms with van der Waals surface area (Å²) in [5, 5.41) is 0. The summed E-state index contributed by atoms with van der Waals surface area (Å²) in [4.78, 5) is 0. The fraction of sp³-hybridized carbons (Fsp3) is 1.00. The molecule has 0 N–H and O–H groups in total. The van der Waals surface area contributed by atoms with Crippen molar-refractivity contribution < 1.29 is 0 Å². The van der Waals surface area contributed by atoms with E-state index in [1.165, 1.54) is 95.5 Å². The van der Waals surface area contributed by atoms with E-state index >= 15 is 0 Å². The normalized spacial score (nSPS) is 12.0. The van der Waals surface area contributed by atoms with Crippen LogP contribution in [0.25, 0.3) is 0 Å². The van der Waals surface area contributed by atoms with Gasteiger partial charge in [0.05, 0.1) is 24.5 Å². The van der Waals surface area contributed by atoms with Gasteiger partial charge in [-0.05, 0) is 38.5 Å². The van der Waals surface area contributed by atoms with Crippen LogP contribution >= 0.6 is 21.5 Å². The van der Waals surface area contributed by atoms with Crippen molar-refractivity contribution in [3.8, 4) is 0 Å². The highest BCUT2D eigenvalue weighted by atomic mass is 79.9. The van der Waals surface area contributed by atoms with E-state index in [-0.39, 0.29) is 0 Å². The molecule has 0 aromatic carbocycles. The van der Waals surface area contributed by atoms with E-state index in [0.717, 1.165) is 0 Å². The second-order valence-corrected chi connectivity index (χ2v) is 14.3. The lowest BCUT2D eigenvalue weighted by molar-refractivity contribution is 0.686. The molecule has 0 rings (SSSR count). The molecular weight excluding hydrogens is 327 g/mol. The summed E-state index contributed by atoms with van der Waals surface area (Å²) in [6.07, 6.45) is 21.6. The number of unbranched alkanes of at least 4 members (excludes halogenated alkanes) is 9. The number of rotatable bonds is 15. The smallest absolute Gasteiger partial charge is 0.0654 e. The third-order valence-corrected chi connectivity index (χ3v) is 10.8. The molecule has 0 radical (unpaired) electrons. The third kappa shape index (κ3) is 12.6. The molecule has 0 heterocycles. The molecule has 0 saturated carbocycles. The lowest BCUT2D eigenvalue weighted by Crippen LogP contribution is -2.03. The topological polar surface area (TPSA) is 0 Å². The van der Waals surface area contributed by atoms with Gasteiger partial charge in [0.1, 0.15) is 15.5 Å². The van der Waals surface area contributed by atoms with E-state index in [1.54, 1.807) is 0 Å². The molecule has 20 heavy (non-hydrogen) atoms. The van der Waals surface area contributed by atoms with Gasteiger partial charge in [-0.15, -0.1) is 0 Å². The third-order valence-electron chi connectivity index (χ3n) is 4.24. The standard InChI is InChI=1S/C18H39BrP/c1-4-7-10-13-16-20(19,17-14-11-8-5-2)18-15-12-9-6-3/h4-18H2,1-3H3/q+1. The molecule has 0 aliphatic carbocycles. The molecule has 0 aromatic rings. The zero-order valence-electron chi connectivity index (χ0n) is 14.4. The van der Waals surface area contributed by atoms with Gasteiger partial charge in [0.2, 0.25) is 0 Å². The van der Waals surface area contributed by atoms with Gasteiger partial charge in [-0.25, -0.2) is 0 Å². The lowest BCUT2D eigenvalue weighted by Gasteiger charge is -2.20. The highest BCUT2D eigenvalue weighted by Gasteiger charge is 2.33. The molecular formula is C18H39BrP+. The molecule has 0 saturated heterocycles. The Balaban J connectivity index is 3.98. The largest absolute Gasteiger partial charge is 0.138 e. The van der Waals surface area contributed by atoms with Crippen LogP contribution in [0.2, 0.25) is 0 Å². The maximum Gasteiger partial charge on any atom is 0.138 e. The van der Waals surface area contributed by atoms with Crippen LogP contribution in [-0.2, 0) is 0 Å². The predicted octanol–water partition coefficient (Wildman–Crippen LogP) is 8.05. The Morgan fingerprint density at radius 1 is 0.500 bits per heavy atom. The molecule has 0 atom stereocenters. The quantitative estimate of drug-likeness (QED) is 0.203. The van der Waals surface area contributed by atoms with Crippen molar-refractivity contribution in [3.63, 3.8) is 0 Å². The van der Waals surface area contributed by atoms with Gasteiger partial charge in [-0.2, -0.15) is 0 Å². The van der Waals surface area contributed by atoms with Crippen LogP contribution in [0, 0.1) is 0 Å². The van der Waals surface area contributed by atoms with E-state index < -0.39 is 5.96 Å². The molecule has 0 aliphatic rings. The van der Waals surface area contributed by atoms with E-state index in [0.29, 0.717) is 0 Å². The van der Waals surface area contributed by atoms with Gasteiger partial charge >= 0.3 is 0 Å². The Morgan fingerprint density at radius 3 is 1.05 bits per heavy atom. The minimum absolute atomic E-state index is 0.777. The highest BCUT2D eigenvalue weighted by molar-refractivity contribution is 9.42. The first kappa shape index (κ1) is 20.9. The van der Waals surface area contributed by atoms with Crippen LogP contribution in [0.3, 0.4) is 0 Å². The lowest BCUT2D eigenvalue weighted by atomic mass is 10.2. The van der Waals surface area contributed by atoms with Gasteiger partial charge < -0.3 is 0 Å². The number of hydrogen-bond donors (Lipinski definition) is 0. The molecule has 0 amide bonds. The van der Waals surface area contributed by atoms with Crippen molar-refractivity contribution >= 4 is 21.5 Å². The summed E-state index contributed by atoms with van der Waals surface area (Å²) in [5.41, 5.74) is 0. The molecule has 0 aliphatic heterocycles. The molecule has 0 nitrogen and oxygen atoms in total. The maximum absolute atomic E-state index is 4.25. The SMILES string of the molecule is CCCCCC[P+](Br)(CCCCCC)CCCCCC. The van der Waals surface area contributed by atoms with Gasteiger partial charge in [0, 0.05) is 0 Å². The first-order valence-corrected chi connectivity index (χ1v) is 13.6. The van der Waals surface area contributed by atoms with Crippen LogP contribution in [0.5, 0.6) is 0 Å². The number of halogens is 1. The van der Waals surface area contributed by atoms with Crippen LogP contribution < -0.4 is 0 Å². The van der Waals surface area contributed by atoms with Crippen molar-refractivity contribution in [2.75, 3.05) is 18.5 Å². The van der Waals surface area contributed by atoms with Gasteiger partial charge in [0.15, 0.2) is 0 Å². The molecule has 122 valence electrons. The predicted molar refractivity (Wildman–Crippen MR) is 103 cm³/mol. The minimum Gasteiger partial charge on any atom is -0.0654 e. The Bertz CT molecular complexity index is 163. The van der Waals surface area contributed by atoms with E-state index in [9.17, 15) is 0 Å². The summed E-state index contributed by atoms with van der Waals surface area (Å²) in [6, 6.07) is 0. The molecule has 0 spiro atoms. The van der Waals surface area contributed by atoms with Crippen molar-refractivity contribution in [2.45, 2.75) is 97.8 Å². The van der Waals surface area contributed by atoms with Crippen LogP contribution in [-0.4, -0.2) is 18.5 Å². The van der Waals surface area contributed by atoms with Crippen molar-refractivity contribution in [1.82, 2.24) is 0 Å². The fourth-order valence-corrected chi connectivity index (χ4v) is 8.10. The minimum atomic E-state index is -0.777. The fourth-order valence-electron chi connectivity index (χ4n) is 2.80. The average Bonchev–Trinajstić information content (AvgIpc) is 2.45. The Kier molecular flexibility index (Phi) is 15.5. The van der Waals surface area contributed by atoms with Crippen molar-refractivity contribution in [2.24, 2.45) is 0 Å². The Labute approximate surface area is 138 Å². The van der Waals surface area contributed by atoms with E-state index in [1.807, 2.05) is 0 Å². The molecule has 2 heteroatoms. The zero-order valence-corrected chi connectivity index (χ0v) is 16.9. The summed E-state index contributed by atoms with van der Waals surface area (Å²) < 4.78 is 0. The summed E-state index contributed by atoms with van der Waals surface area (Å²) >= 11 is 4.25. The second-order valence-electron chi connectivity index (χ2n) is 6.38. The summed E-state index contributed by atoms with van der Waals surface area (Å²) in [6.45, 7) is 6.93. The van der Waals surface area contributed by atoms with E-state index in [4.69, 9.17) is 0 Å². The highest BCUT2D eigenvalue weighted by Crippen LogP contribution is 2.67.